The standard InChI is InChI=1S/C16H26NO2S/c1-8-20(18,19)17-14-10-12(15(2,3)4)9-13(11-14)16(5,6)7/h9-11H,8H2,1-7H3. The summed E-state index contributed by atoms with van der Waals surface area (Å²) in [6, 6.07) is 5.91. The fraction of sp³-hybridized carbons (Fsp3) is 0.625. The fourth-order valence-corrected chi connectivity index (χ4v) is 2.31. The van der Waals surface area contributed by atoms with Gasteiger partial charge in [-0.1, -0.05) is 54.5 Å². The summed E-state index contributed by atoms with van der Waals surface area (Å²) in [5.74, 6) is 0.0254. The van der Waals surface area contributed by atoms with Gasteiger partial charge in [0, 0.05) is 0 Å². The van der Waals surface area contributed by atoms with E-state index in [2.05, 4.69) is 52.0 Å². The molecule has 113 valence electrons. The first-order valence-electron chi connectivity index (χ1n) is 6.97. The topological polar surface area (TPSA) is 49.3 Å². The Morgan fingerprint density at radius 2 is 1.35 bits per heavy atom. The molecule has 20 heavy (non-hydrogen) atoms. The van der Waals surface area contributed by atoms with Gasteiger partial charge in [-0.2, -0.15) is 4.36 Å². The van der Waals surface area contributed by atoms with Crippen molar-refractivity contribution in [3.05, 3.63) is 29.3 Å². The van der Waals surface area contributed by atoms with E-state index in [-0.39, 0.29) is 16.6 Å². The van der Waals surface area contributed by atoms with Gasteiger partial charge >= 0.3 is 0 Å². The number of benzene rings is 1. The highest BCUT2D eigenvalue weighted by molar-refractivity contribution is 7.87. The first kappa shape index (κ1) is 17.2. The van der Waals surface area contributed by atoms with Crippen molar-refractivity contribution in [2.24, 2.45) is 4.36 Å². The zero-order valence-corrected chi connectivity index (χ0v) is 14.4. The van der Waals surface area contributed by atoms with Crippen molar-refractivity contribution in [2.75, 3.05) is 5.75 Å². The zero-order chi connectivity index (χ0) is 15.8. The highest BCUT2D eigenvalue weighted by Gasteiger charge is 2.20. The van der Waals surface area contributed by atoms with Crippen LogP contribution in [0.15, 0.2) is 22.6 Å². The Labute approximate surface area is 123 Å². The van der Waals surface area contributed by atoms with Crippen LogP contribution < -0.4 is 0 Å². The third-order valence-corrected chi connectivity index (χ3v) is 4.48. The monoisotopic (exact) mass is 296 g/mol. The van der Waals surface area contributed by atoms with Gasteiger partial charge in [0.2, 0.25) is 0 Å². The molecule has 0 N–H and O–H groups in total. The Balaban J connectivity index is 3.55. The maximum atomic E-state index is 11.7. The number of rotatable bonds is 2. The Kier molecular flexibility index (Phi) is 4.72. The molecule has 4 heteroatoms. The van der Waals surface area contributed by atoms with Crippen LogP contribution in [0.5, 0.6) is 0 Å². The van der Waals surface area contributed by atoms with Crippen molar-refractivity contribution in [3.63, 3.8) is 0 Å². The summed E-state index contributed by atoms with van der Waals surface area (Å²) < 4.78 is 27.4. The van der Waals surface area contributed by atoms with Crippen LogP contribution in [0.3, 0.4) is 0 Å². The van der Waals surface area contributed by atoms with E-state index in [0.29, 0.717) is 5.69 Å². The summed E-state index contributed by atoms with van der Waals surface area (Å²) in [4.78, 5) is 0. The van der Waals surface area contributed by atoms with Crippen molar-refractivity contribution in [3.8, 4) is 0 Å². The second-order valence-corrected chi connectivity index (χ2v) is 9.15. The summed E-state index contributed by atoms with van der Waals surface area (Å²) in [7, 11) is -3.37. The molecular weight excluding hydrogens is 270 g/mol. The Hall–Kier alpha value is -0.870. The number of nitrogens with zero attached hydrogens (tertiary/aromatic N) is 1. The van der Waals surface area contributed by atoms with E-state index in [9.17, 15) is 8.76 Å². The van der Waals surface area contributed by atoms with Crippen LogP contribution in [0, 0.1) is 0 Å². The highest BCUT2D eigenvalue weighted by atomic mass is 32.2. The molecule has 0 saturated carbocycles. The third-order valence-electron chi connectivity index (χ3n) is 3.26. The lowest BCUT2D eigenvalue weighted by molar-refractivity contribution is 0.463. The molecule has 1 unspecified atom stereocenters. The largest absolute Gasteiger partial charge is 0.218 e. The van der Waals surface area contributed by atoms with Gasteiger partial charge in [-0.15, -0.1) is 4.55 Å². The lowest BCUT2D eigenvalue weighted by Crippen LogP contribution is -2.16. The Morgan fingerprint density at radius 1 is 0.950 bits per heavy atom. The number of hydrogen-bond acceptors (Lipinski definition) is 2. The second-order valence-electron chi connectivity index (χ2n) is 7.23. The van der Waals surface area contributed by atoms with E-state index in [1.54, 1.807) is 6.92 Å². The molecule has 1 atom stereocenters. The molecule has 3 nitrogen and oxygen atoms in total. The van der Waals surface area contributed by atoms with Crippen LogP contribution in [-0.2, 0) is 25.4 Å². The molecule has 0 fully saturated rings. The lowest BCUT2D eigenvalue weighted by atomic mass is 9.80. The average molecular weight is 296 g/mol. The smallest absolute Gasteiger partial charge is 0.197 e. The summed E-state index contributed by atoms with van der Waals surface area (Å²) in [5, 5.41) is 0. The van der Waals surface area contributed by atoms with E-state index in [4.69, 9.17) is 0 Å². The minimum Gasteiger partial charge on any atom is -0.218 e. The predicted molar refractivity (Wildman–Crippen MR) is 85.3 cm³/mol. The van der Waals surface area contributed by atoms with Crippen LogP contribution in [-0.4, -0.2) is 9.96 Å². The quantitative estimate of drug-likeness (QED) is 0.777. The predicted octanol–water partition coefficient (Wildman–Crippen LogP) is 4.75. The van der Waals surface area contributed by atoms with E-state index in [1.165, 1.54) is 0 Å². The van der Waals surface area contributed by atoms with Crippen LogP contribution in [0.4, 0.5) is 5.69 Å². The SMILES string of the molecule is CCS([O])(=O)=Nc1cc(C(C)(C)C)cc(C(C)(C)C)c1. The summed E-state index contributed by atoms with van der Waals surface area (Å²) in [6.45, 7) is 14.3. The molecule has 0 aromatic heterocycles. The molecule has 1 aromatic rings. The summed E-state index contributed by atoms with van der Waals surface area (Å²) in [6.07, 6.45) is 0. The molecule has 1 aromatic carbocycles. The molecule has 0 aliphatic heterocycles. The Morgan fingerprint density at radius 3 is 1.65 bits per heavy atom. The van der Waals surface area contributed by atoms with E-state index in [0.717, 1.165) is 11.1 Å². The first-order valence-corrected chi connectivity index (χ1v) is 8.58. The van der Waals surface area contributed by atoms with Crippen molar-refractivity contribution in [1.82, 2.24) is 0 Å². The van der Waals surface area contributed by atoms with E-state index in [1.807, 2.05) is 12.1 Å². The molecule has 0 amide bonds. The maximum Gasteiger partial charge on any atom is 0.197 e. The van der Waals surface area contributed by atoms with Crippen molar-refractivity contribution in [2.45, 2.75) is 59.3 Å². The zero-order valence-electron chi connectivity index (χ0n) is 13.6. The molecule has 0 aliphatic carbocycles. The highest BCUT2D eigenvalue weighted by Crippen LogP contribution is 2.33. The minimum atomic E-state index is -3.37. The molecule has 1 rings (SSSR count). The van der Waals surface area contributed by atoms with Gasteiger partial charge in [0.25, 0.3) is 0 Å². The van der Waals surface area contributed by atoms with Crippen LogP contribution in [0.2, 0.25) is 0 Å². The van der Waals surface area contributed by atoms with Crippen LogP contribution >= 0.6 is 0 Å². The van der Waals surface area contributed by atoms with Gasteiger partial charge in [-0.05, 0) is 34.1 Å². The normalized spacial score (nSPS) is 15.8. The molecule has 1 radical (unpaired) electrons. The Bertz CT molecular complexity index is 566. The first-order chi connectivity index (χ1) is 8.85. The van der Waals surface area contributed by atoms with Crippen LogP contribution in [0.25, 0.3) is 0 Å². The van der Waals surface area contributed by atoms with Crippen molar-refractivity contribution >= 4 is 15.7 Å². The van der Waals surface area contributed by atoms with Gasteiger partial charge in [0.1, 0.15) is 0 Å². The summed E-state index contributed by atoms with van der Waals surface area (Å²) in [5.41, 5.74) is 2.66. The number of hydrogen-bond donors (Lipinski definition) is 0. The minimum absolute atomic E-state index is 0.0254. The van der Waals surface area contributed by atoms with Gasteiger partial charge in [0.05, 0.1) is 11.4 Å². The van der Waals surface area contributed by atoms with Crippen molar-refractivity contribution in [1.29, 1.82) is 0 Å². The fourth-order valence-electron chi connectivity index (χ4n) is 1.76. The molecule has 0 bridgehead atoms. The van der Waals surface area contributed by atoms with Gasteiger partial charge < -0.3 is 0 Å². The van der Waals surface area contributed by atoms with Gasteiger partial charge in [-0.3, -0.25) is 0 Å². The molecule has 0 aliphatic rings. The van der Waals surface area contributed by atoms with E-state index < -0.39 is 10.0 Å². The van der Waals surface area contributed by atoms with Crippen LogP contribution in [0.1, 0.15) is 59.6 Å². The molecule has 0 heterocycles. The molecule has 0 spiro atoms. The van der Waals surface area contributed by atoms with Gasteiger partial charge in [-0.25, -0.2) is 4.21 Å². The van der Waals surface area contributed by atoms with Crippen molar-refractivity contribution < 1.29 is 8.76 Å². The maximum absolute atomic E-state index is 11.7. The molecule has 0 saturated heterocycles. The third kappa shape index (κ3) is 4.60. The van der Waals surface area contributed by atoms with E-state index >= 15 is 0 Å². The second kappa shape index (κ2) is 5.49. The average Bonchev–Trinajstić information content (AvgIpc) is 2.25. The molecular formula is C16H26NO2S. The lowest BCUT2D eigenvalue weighted by Gasteiger charge is -2.25. The summed E-state index contributed by atoms with van der Waals surface area (Å²) >= 11 is 0. The van der Waals surface area contributed by atoms with Gasteiger partial charge in [0.15, 0.2) is 10.0 Å².